The molecule has 2 rings (SSSR count). The van der Waals surface area contributed by atoms with Gasteiger partial charge in [-0.2, -0.15) is 13.2 Å². The van der Waals surface area contributed by atoms with Crippen molar-refractivity contribution in [2.75, 3.05) is 13.7 Å². The van der Waals surface area contributed by atoms with Crippen molar-refractivity contribution in [1.29, 1.82) is 0 Å². The second-order valence-electron chi connectivity index (χ2n) is 6.92. The van der Waals surface area contributed by atoms with E-state index in [1.807, 2.05) is 26.0 Å². The number of aryl methyl sites for hydroxylation is 2. The van der Waals surface area contributed by atoms with Gasteiger partial charge < -0.3 is 10.1 Å². The number of thiophene rings is 1. The van der Waals surface area contributed by atoms with E-state index in [-0.39, 0.29) is 25.3 Å². The lowest BCUT2D eigenvalue weighted by Gasteiger charge is -2.17. The summed E-state index contributed by atoms with van der Waals surface area (Å²) in [6, 6.07) is 7.19. The molecule has 170 valence electrons. The summed E-state index contributed by atoms with van der Waals surface area (Å²) in [5.74, 6) is -0.800. The lowest BCUT2D eigenvalue weighted by atomic mass is 10.2. The molecule has 0 spiro atoms. The number of halogens is 4. The normalized spacial score (nSPS) is 12.5. The number of hydrogen-bond acceptors (Lipinski definition) is 5. The Bertz CT molecular complexity index is 908. The minimum absolute atomic E-state index is 0.0484. The highest BCUT2D eigenvalue weighted by Crippen LogP contribution is 2.44. The number of hydrogen-bond donors (Lipinski definition) is 1. The first kappa shape index (κ1) is 25.7. The number of benzene rings is 1. The van der Waals surface area contributed by atoms with Gasteiger partial charge in [-0.3, -0.25) is 9.59 Å². The fraction of sp³-hybridized carbons (Fsp3) is 0.429. The Morgan fingerprint density at radius 3 is 2.45 bits per heavy atom. The van der Waals surface area contributed by atoms with E-state index in [4.69, 9.17) is 0 Å². The Kier molecular flexibility index (Phi) is 9.45. The van der Waals surface area contributed by atoms with E-state index >= 15 is 0 Å². The number of methoxy groups -OCH3 is 1. The van der Waals surface area contributed by atoms with Crippen molar-refractivity contribution >= 4 is 50.9 Å². The Balaban J connectivity index is 2.17. The van der Waals surface area contributed by atoms with Gasteiger partial charge in [0.2, 0.25) is 0 Å². The number of ether oxygens (including phenoxy) is 1. The number of thioether (sulfide) groups is 1. The third-order valence-corrected chi connectivity index (χ3v) is 8.27. The molecular weight excluding hydrogens is 515 g/mol. The average molecular weight is 538 g/mol. The van der Waals surface area contributed by atoms with Gasteiger partial charge in [-0.05, 0) is 55.7 Å². The van der Waals surface area contributed by atoms with Crippen LogP contribution in [0.4, 0.5) is 13.2 Å². The van der Waals surface area contributed by atoms with Gasteiger partial charge in [-0.25, -0.2) is 0 Å². The summed E-state index contributed by atoms with van der Waals surface area (Å²) in [5.41, 5.74) is 2.02. The van der Waals surface area contributed by atoms with E-state index in [1.54, 1.807) is 12.1 Å². The molecule has 0 aliphatic rings. The van der Waals surface area contributed by atoms with Crippen LogP contribution in [-0.4, -0.2) is 31.7 Å². The molecule has 1 aromatic heterocycles. The van der Waals surface area contributed by atoms with Crippen molar-refractivity contribution in [2.45, 2.75) is 49.4 Å². The maximum atomic E-state index is 12.9. The van der Waals surface area contributed by atoms with E-state index in [1.165, 1.54) is 30.2 Å². The molecule has 0 saturated heterocycles. The van der Waals surface area contributed by atoms with Gasteiger partial charge in [-0.1, -0.05) is 15.9 Å². The van der Waals surface area contributed by atoms with Gasteiger partial charge in [0.05, 0.1) is 18.4 Å². The third-order valence-electron chi connectivity index (χ3n) is 4.39. The van der Waals surface area contributed by atoms with E-state index in [0.29, 0.717) is 9.75 Å². The van der Waals surface area contributed by atoms with Crippen LogP contribution in [0.25, 0.3) is 0 Å². The molecule has 0 saturated carbocycles. The molecule has 2 aromatic rings. The summed E-state index contributed by atoms with van der Waals surface area (Å²) in [6.07, 6.45) is -5.20. The first-order chi connectivity index (χ1) is 14.5. The largest absolute Gasteiger partial charge is 0.469 e. The minimum atomic E-state index is -4.25. The molecule has 0 fully saturated rings. The number of alkyl halides is 3. The maximum Gasteiger partial charge on any atom is 0.389 e. The van der Waals surface area contributed by atoms with Gasteiger partial charge in [0.15, 0.2) is 0 Å². The number of carbonyl (C=O) groups is 2. The van der Waals surface area contributed by atoms with Crippen LogP contribution in [0.3, 0.4) is 0 Å². The number of amides is 1. The van der Waals surface area contributed by atoms with Crippen molar-refractivity contribution in [2.24, 2.45) is 0 Å². The van der Waals surface area contributed by atoms with E-state index in [9.17, 15) is 22.8 Å². The lowest BCUT2D eigenvalue weighted by molar-refractivity contribution is -0.140. The van der Waals surface area contributed by atoms with Crippen LogP contribution >= 0.6 is 39.0 Å². The Morgan fingerprint density at radius 1 is 1.23 bits per heavy atom. The van der Waals surface area contributed by atoms with Crippen molar-refractivity contribution < 1.29 is 27.5 Å². The third kappa shape index (κ3) is 8.16. The summed E-state index contributed by atoms with van der Waals surface area (Å²) >= 11 is 6.04. The van der Waals surface area contributed by atoms with Gasteiger partial charge in [0.1, 0.15) is 0 Å². The van der Waals surface area contributed by atoms with Crippen LogP contribution in [-0.2, 0) is 9.53 Å². The molecule has 1 atom stereocenters. The van der Waals surface area contributed by atoms with E-state index in [2.05, 4.69) is 26.0 Å². The van der Waals surface area contributed by atoms with Gasteiger partial charge in [-0.15, -0.1) is 23.1 Å². The average Bonchev–Trinajstić information content (AvgIpc) is 3.18. The van der Waals surface area contributed by atoms with Crippen LogP contribution in [0.2, 0.25) is 0 Å². The zero-order valence-electron chi connectivity index (χ0n) is 17.3. The van der Waals surface area contributed by atoms with Gasteiger partial charge in [0, 0.05) is 32.5 Å². The second-order valence-corrected chi connectivity index (χ2v) is 10.1. The maximum absolute atomic E-state index is 12.9. The zero-order chi connectivity index (χ0) is 23.2. The molecule has 0 aliphatic carbocycles. The molecule has 0 aliphatic heterocycles. The molecule has 31 heavy (non-hydrogen) atoms. The van der Waals surface area contributed by atoms with Crippen LogP contribution in [0.1, 0.15) is 50.2 Å². The predicted molar refractivity (Wildman–Crippen MR) is 121 cm³/mol. The quantitative estimate of drug-likeness (QED) is 0.289. The van der Waals surface area contributed by atoms with Crippen molar-refractivity contribution in [3.05, 3.63) is 49.6 Å². The Hall–Kier alpha value is -1.52. The SMILES string of the molecule is COC(=O)CCNC(=O)c1ccc(C(CCC(F)(F)F)Sc2cc(C)c(Br)c(C)c2)s1. The van der Waals surface area contributed by atoms with Crippen LogP contribution in [0.15, 0.2) is 33.6 Å². The van der Waals surface area contributed by atoms with Crippen molar-refractivity contribution in [1.82, 2.24) is 5.32 Å². The number of nitrogens with one attached hydrogen (secondary N) is 1. The molecule has 1 heterocycles. The van der Waals surface area contributed by atoms with Gasteiger partial charge in [0.25, 0.3) is 5.91 Å². The molecule has 1 unspecified atom stereocenters. The molecule has 1 N–H and O–H groups in total. The number of carbonyl (C=O) groups excluding carboxylic acids is 2. The highest BCUT2D eigenvalue weighted by atomic mass is 79.9. The highest BCUT2D eigenvalue weighted by molar-refractivity contribution is 9.10. The first-order valence-corrected chi connectivity index (χ1v) is 11.9. The molecule has 0 radical (unpaired) electrons. The molecule has 4 nitrogen and oxygen atoms in total. The molecule has 1 aromatic carbocycles. The van der Waals surface area contributed by atoms with Gasteiger partial charge >= 0.3 is 12.1 Å². The van der Waals surface area contributed by atoms with Crippen LogP contribution in [0, 0.1) is 13.8 Å². The highest BCUT2D eigenvalue weighted by Gasteiger charge is 2.30. The summed E-state index contributed by atoms with van der Waals surface area (Å²) in [6.45, 7) is 4.00. The molecule has 0 bridgehead atoms. The first-order valence-electron chi connectivity index (χ1n) is 9.45. The molecule has 10 heteroatoms. The minimum Gasteiger partial charge on any atom is -0.469 e. The monoisotopic (exact) mass is 537 g/mol. The van der Waals surface area contributed by atoms with Crippen LogP contribution < -0.4 is 5.32 Å². The summed E-state index contributed by atoms with van der Waals surface area (Å²) in [5, 5.41) is 2.18. The standard InChI is InChI=1S/C21H23BrF3NO3S2/c1-12-10-14(11-13(2)19(12)22)30-16(6-8-21(23,24)25)15-4-5-17(31-15)20(28)26-9-7-18(27)29-3/h4-5,10-11,16H,6-9H2,1-3H3,(H,26,28). The van der Waals surface area contributed by atoms with E-state index in [0.717, 1.165) is 20.5 Å². The summed E-state index contributed by atoms with van der Waals surface area (Å²) < 4.78 is 44.2. The lowest BCUT2D eigenvalue weighted by Crippen LogP contribution is -2.25. The molecular formula is C21H23BrF3NO3S2. The van der Waals surface area contributed by atoms with Crippen molar-refractivity contribution in [3.63, 3.8) is 0 Å². The summed E-state index contributed by atoms with van der Waals surface area (Å²) in [7, 11) is 1.27. The summed E-state index contributed by atoms with van der Waals surface area (Å²) in [4.78, 5) is 25.4. The Labute approximate surface area is 196 Å². The van der Waals surface area contributed by atoms with Crippen molar-refractivity contribution in [3.8, 4) is 0 Å². The zero-order valence-corrected chi connectivity index (χ0v) is 20.5. The fourth-order valence-corrected chi connectivity index (χ4v) is 5.51. The number of rotatable bonds is 9. The predicted octanol–water partition coefficient (Wildman–Crippen LogP) is 6.60. The Morgan fingerprint density at radius 2 is 1.87 bits per heavy atom. The fourth-order valence-electron chi connectivity index (χ4n) is 2.81. The topological polar surface area (TPSA) is 55.4 Å². The second kappa shape index (κ2) is 11.4. The number of esters is 1. The smallest absolute Gasteiger partial charge is 0.389 e. The van der Waals surface area contributed by atoms with Crippen LogP contribution in [0.5, 0.6) is 0 Å². The molecule has 1 amide bonds. The van der Waals surface area contributed by atoms with E-state index < -0.39 is 23.8 Å².